The summed E-state index contributed by atoms with van der Waals surface area (Å²) < 4.78 is 0. The summed E-state index contributed by atoms with van der Waals surface area (Å²) >= 11 is 6.15. The normalized spacial score (nSPS) is 22.1. The first kappa shape index (κ1) is 14.9. The van der Waals surface area contributed by atoms with Gasteiger partial charge >= 0.3 is 0 Å². The van der Waals surface area contributed by atoms with E-state index in [1.54, 1.807) is 0 Å². The smallest absolute Gasteiger partial charge is 0.223 e. The Hall–Kier alpha value is -1.06. The van der Waals surface area contributed by atoms with E-state index in [0.29, 0.717) is 0 Å². The fourth-order valence-corrected chi connectivity index (χ4v) is 3.86. The summed E-state index contributed by atoms with van der Waals surface area (Å²) in [4.78, 5) is 12.6. The highest BCUT2D eigenvalue weighted by Gasteiger charge is 2.38. The Labute approximate surface area is 131 Å². The maximum Gasteiger partial charge on any atom is 0.223 e. The van der Waals surface area contributed by atoms with Crippen molar-refractivity contribution in [2.45, 2.75) is 44.1 Å². The average molecular weight is 307 g/mol. The third-order valence-electron chi connectivity index (χ3n) is 4.91. The molecular weight excluding hydrogens is 284 g/mol. The van der Waals surface area contributed by atoms with Crippen LogP contribution in [-0.4, -0.2) is 19.0 Å². The number of amides is 1. The molecule has 1 saturated carbocycles. The molecule has 2 N–H and O–H groups in total. The van der Waals surface area contributed by atoms with Crippen molar-refractivity contribution < 1.29 is 4.79 Å². The first-order valence-corrected chi connectivity index (χ1v) is 8.36. The largest absolute Gasteiger partial charge is 0.346 e. The molecule has 1 aliphatic carbocycles. The summed E-state index contributed by atoms with van der Waals surface area (Å²) in [5.41, 5.74) is 0.960. The summed E-state index contributed by atoms with van der Waals surface area (Å²) in [6, 6.07) is 7.98. The van der Waals surface area contributed by atoms with E-state index >= 15 is 0 Å². The van der Waals surface area contributed by atoms with Gasteiger partial charge in [-0.15, -0.1) is 0 Å². The van der Waals surface area contributed by atoms with Crippen molar-refractivity contribution in [3.8, 4) is 0 Å². The number of nitrogens with one attached hydrogen (secondary N) is 2. The summed E-state index contributed by atoms with van der Waals surface area (Å²) in [6.45, 7) is 1.89. The Bertz CT molecular complexity index is 505. The van der Waals surface area contributed by atoms with Gasteiger partial charge in [0.1, 0.15) is 0 Å². The van der Waals surface area contributed by atoms with Gasteiger partial charge < -0.3 is 10.6 Å². The van der Waals surface area contributed by atoms with Crippen LogP contribution in [0.4, 0.5) is 0 Å². The molecule has 2 aliphatic rings. The van der Waals surface area contributed by atoms with Crippen LogP contribution in [0.15, 0.2) is 24.3 Å². The lowest BCUT2D eigenvalue weighted by Gasteiger charge is -2.34. The second-order valence-electron chi connectivity index (χ2n) is 6.31. The van der Waals surface area contributed by atoms with E-state index < -0.39 is 0 Å². The van der Waals surface area contributed by atoms with Crippen LogP contribution in [0, 0.1) is 5.92 Å². The molecule has 3 nitrogen and oxygen atoms in total. The molecule has 0 aromatic heterocycles. The highest BCUT2D eigenvalue weighted by atomic mass is 35.5. The third kappa shape index (κ3) is 3.24. The van der Waals surface area contributed by atoms with E-state index in [1.807, 2.05) is 18.2 Å². The summed E-state index contributed by atoms with van der Waals surface area (Å²) in [7, 11) is 0. The molecule has 0 radical (unpaired) electrons. The van der Waals surface area contributed by atoms with E-state index in [0.717, 1.165) is 49.4 Å². The minimum absolute atomic E-state index is 0.155. The van der Waals surface area contributed by atoms with Gasteiger partial charge in [0.2, 0.25) is 5.91 Å². The summed E-state index contributed by atoms with van der Waals surface area (Å²) in [6.07, 6.45) is 6.25. The van der Waals surface area contributed by atoms with Crippen LogP contribution in [-0.2, 0) is 10.3 Å². The van der Waals surface area contributed by atoms with Crippen LogP contribution in [0.5, 0.6) is 0 Å². The third-order valence-corrected chi connectivity index (χ3v) is 5.14. The van der Waals surface area contributed by atoms with E-state index in [-0.39, 0.29) is 17.4 Å². The van der Waals surface area contributed by atoms with E-state index in [9.17, 15) is 4.79 Å². The molecule has 4 heteroatoms. The van der Waals surface area contributed by atoms with Crippen molar-refractivity contribution >= 4 is 17.5 Å². The fraction of sp³-hybridized carbons (Fsp3) is 0.588. The SMILES string of the molecule is O=C(NC1(c2cccc(Cl)c2)CCCC1)C1CCNCC1. The zero-order valence-electron chi connectivity index (χ0n) is 12.3. The second-order valence-corrected chi connectivity index (χ2v) is 6.75. The van der Waals surface area contributed by atoms with E-state index in [1.165, 1.54) is 12.8 Å². The first-order chi connectivity index (χ1) is 10.2. The number of piperidine rings is 1. The molecule has 114 valence electrons. The molecule has 1 amide bonds. The van der Waals surface area contributed by atoms with Gasteiger partial charge in [0.05, 0.1) is 5.54 Å². The van der Waals surface area contributed by atoms with Gasteiger partial charge in [-0.1, -0.05) is 36.6 Å². The van der Waals surface area contributed by atoms with Crippen LogP contribution < -0.4 is 10.6 Å². The van der Waals surface area contributed by atoms with Gasteiger partial charge in [-0.3, -0.25) is 4.79 Å². The Balaban J connectivity index is 1.79. The highest BCUT2D eigenvalue weighted by molar-refractivity contribution is 6.30. The van der Waals surface area contributed by atoms with Gasteiger partial charge in [-0.05, 0) is 56.5 Å². The molecule has 1 aliphatic heterocycles. The van der Waals surface area contributed by atoms with Crippen LogP contribution in [0.2, 0.25) is 5.02 Å². The number of carbonyl (C=O) groups excluding carboxylic acids is 1. The Morgan fingerprint density at radius 1 is 1.24 bits per heavy atom. The topological polar surface area (TPSA) is 41.1 Å². The Morgan fingerprint density at radius 3 is 2.62 bits per heavy atom. The van der Waals surface area contributed by atoms with Crippen LogP contribution in [0.3, 0.4) is 0 Å². The predicted octanol–water partition coefficient (Wildman–Crippen LogP) is 3.23. The molecule has 1 saturated heterocycles. The lowest BCUT2D eigenvalue weighted by atomic mass is 9.86. The number of halogens is 1. The van der Waals surface area contributed by atoms with Gasteiger partial charge in [0, 0.05) is 10.9 Å². The lowest BCUT2D eigenvalue weighted by Crippen LogP contribution is -2.48. The molecule has 0 atom stereocenters. The molecule has 3 rings (SSSR count). The van der Waals surface area contributed by atoms with Gasteiger partial charge in [-0.2, -0.15) is 0 Å². The molecule has 0 spiro atoms. The molecular formula is C17H23ClN2O. The number of carbonyl (C=O) groups is 1. The first-order valence-electron chi connectivity index (χ1n) is 7.98. The number of hydrogen-bond acceptors (Lipinski definition) is 2. The second kappa shape index (κ2) is 6.37. The zero-order chi connectivity index (χ0) is 14.7. The maximum absolute atomic E-state index is 12.6. The zero-order valence-corrected chi connectivity index (χ0v) is 13.1. The van der Waals surface area contributed by atoms with Crippen LogP contribution >= 0.6 is 11.6 Å². The lowest BCUT2D eigenvalue weighted by molar-refractivity contribution is -0.127. The van der Waals surface area contributed by atoms with Crippen molar-refractivity contribution in [1.82, 2.24) is 10.6 Å². The monoisotopic (exact) mass is 306 g/mol. The maximum atomic E-state index is 12.6. The molecule has 0 bridgehead atoms. The molecule has 1 heterocycles. The standard InChI is InChI=1S/C17H23ClN2O/c18-15-5-3-4-14(12-15)17(8-1-2-9-17)20-16(21)13-6-10-19-11-7-13/h3-5,12-13,19H,1-2,6-11H2,(H,20,21). The quantitative estimate of drug-likeness (QED) is 0.900. The van der Waals surface area contributed by atoms with Crippen molar-refractivity contribution in [3.63, 3.8) is 0 Å². The number of rotatable bonds is 3. The molecule has 21 heavy (non-hydrogen) atoms. The Kier molecular flexibility index (Phi) is 4.51. The summed E-state index contributed by atoms with van der Waals surface area (Å²) in [5.74, 6) is 0.376. The van der Waals surface area contributed by atoms with Crippen molar-refractivity contribution in [2.75, 3.05) is 13.1 Å². The molecule has 1 aromatic carbocycles. The number of hydrogen-bond donors (Lipinski definition) is 2. The van der Waals surface area contributed by atoms with Crippen LogP contribution in [0.25, 0.3) is 0 Å². The number of benzene rings is 1. The van der Waals surface area contributed by atoms with Gasteiger partial charge in [0.15, 0.2) is 0 Å². The predicted molar refractivity (Wildman–Crippen MR) is 85.3 cm³/mol. The Morgan fingerprint density at radius 2 is 1.95 bits per heavy atom. The van der Waals surface area contributed by atoms with Crippen molar-refractivity contribution in [2.24, 2.45) is 5.92 Å². The average Bonchev–Trinajstić information content (AvgIpc) is 2.98. The molecule has 0 unspecified atom stereocenters. The van der Waals surface area contributed by atoms with Crippen molar-refractivity contribution in [3.05, 3.63) is 34.9 Å². The minimum Gasteiger partial charge on any atom is -0.346 e. The fourth-order valence-electron chi connectivity index (χ4n) is 3.67. The van der Waals surface area contributed by atoms with Crippen molar-refractivity contribution in [1.29, 1.82) is 0 Å². The van der Waals surface area contributed by atoms with Gasteiger partial charge in [-0.25, -0.2) is 0 Å². The molecule has 2 fully saturated rings. The summed E-state index contributed by atoms with van der Waals surface area (Å²) in [5, 5.41) is 7.44. The minimum atomic E-state index is -0.202. The van der Waals surface area contributed by atoms with Gasteiger partial charge in [0.25, 0.3) is 0 Å². The van der Waals surface area contributed by atoms with E-state index in [4.69, 9.17) is 11.6 Å². The molecule has 1 aromatic rings. The van der Waals surface area contributed by atoms with Crippen LogP contribution in [0.1, 0.15) is 44.1 Å². The van der Waals surface area contributed by atoms with E-state index in [2.05, 4.69) is 16.7 Å². The highest BCUT2D eigenvalue weighted by Crippen LogP contribution is 2.39.